The van der Waals surface area contributed by atoms with Crippen LogP contribution in [-0.4, -0.2) is 6.54 Å². The highest BCUT2D eigenvalue weighted by Gasteiger charge is 2.07. The summed E-state index contributed by atoms with van der Waals surface area (Å²) in [6.45, 7) is 8.53. The van der Waals surface area contributed by atoms with Crippen molar-refractivity contribution in [3.63, 3.8) is 0 Å². The normalized spacial score (nSPS) is 10.8. The predicted octanol–water partition coefficient (Wildman–Crippen LogP) is 4.23. The Morgan fingerprint density at radius 1 is 1.14 bits per heavy atom. The summed E-state index contributed by atoms with van der Waals surface area (Å²) in [5, 5.41) is 3.28. The second kappa shape index (κ2) is 7.89. The van der Waals surface area contributed by atoms with Gasteiger partial charge in [-0.25, -0.2) is 0 Å². The molecule has 0 aliphatic rings. The van der Waals surface area contributed by atoms with Gasteiger partial charge < -0.3 is 14.5 Å². The summed E-state index contributed by atoms with van der Waals surface area (Å²) in [7, 11) is 0. The van der Waals surface area contributed by atoms with E-state index < -0.39 is 0 Å². The molecule has 1 heterocycles. The fourth-order valence-corrected chi connectivity index (χ4v) is 2.27. The Hall–Kier alpha value is -1.74. The Balaban J connectivity index is 1.90. The molecule has 21 heavy (non-hydrogen) atoms. The van der Waals surface area contributed by atoms with Gasteiger partial charge in [0.2, 0.25) is 0 Å². The van der Waals surface area contributed by atoms with Crippen molar-refractivity contribution < 1.29 is 9.15 Å². The van der Waals surface area contributed by atoms with Gasteiger partial charge in [0.15, 0.2) is 0 Å². The number of aryl methyl sites for hydroxylation is 2. The topological polar surface area (TPSA) is 34.4 Å². The van der Waals surface area contributed by atoms with Crippen molar-refractivity contribution in [2.24, 2.45) is 0 Å². The second-order valence-electron chi connectivity index (χ2n) is 5.28. The summed E-state index contributed by atoms with van der Waals surface area (Å²) in [6, 6.07) is 10.4. The Labute approximate surface area is 127 Å². The van der Waals surface area contributed by atoms with Crippen LogP contribution in [0.1, 0.15) is 42.9 Å². The van der Waals surface area contributed by atoms with Crippen LogP contribution in [0.3, 0.4) is 0 Å². The highest BCUT2D eigenvalue weighted by atomic mass is 16.5. The Kier molecular flexibility index (Phi) is 5.88. The summed E-state index contributed by atoms with van der Waals surface area (Å²) >= 11 is 0. The van der Waals surface area contributed by atoms with E-state index in [2.05, 4.69) is 44.3 Å². The molecule has 0 aliphatic heterocycles. The molecule has 1 aromatic heterocycles. The van der Waals surface area contributed by atoms with Crippen molar-refractivity contribution in [2.45, 2.75) is 46.8 Å². The van der Waals surface area contributed by atoms with Gasteiger partial charge in [-0.15, -0.1) is 0 Å². The van der Waals surface area contributed by atoms with Crippen molar-refractivity contribution in [3.8, 4) is 5.75 Å². The van der Waals surface area contributed by atoms with Gasteiger partial charge in [0.25, 0.3) is 0 Å². The van der Waals surface area contributed by atoms with Crippen molar-refractivity contribution in [1.82, 2.24) is 5.32 Å². The van der Waals surface area contributed by atoms with Gasteiger partial charge in [-0.3, -0.25) is 0 Å². The highest BCUT2D eigenvalue weighted by Crippen LogP contribution is 2.18. The lowest BCUT2D eigenvalue weighted by molar-refractivity contribution is 0.265. The molecule has 114 valence electrons. The van der Waals surface area contributed by atoms with E-state index in [1.807, 2.05) is 12.1 Å². The molecule has 0 aliphatic carbocycles. The molecule has 1 N–H and O–H groups in total. The van der Waals surface area contributed by atoms with Gasteiger partial charge in [-0.05, 0) is 49.2 Å². The van der Waals surface area contributed by atoms with Gasteiger partial charge in [0.1, 0.15) is 23.9 Å². The van der Waals surface area contributed by atoms with E-state index in [1.165, 1.54) is 17.5 Å². The average Bonchev–Trinajstić information content (AvgIpc) is 2.85. The molecule has 3 heteroatoms. The minimum Gasteiger partial charge on any atom is -0.486 e. The summed E-state index contributed by atoms with van der Waals surface area (Å²) < 4.78 is 11.6. The van der Waals surface area contributed by atoms with E-state index in [0.29, 0.717) is 6.61 Å². The van der Waals surface area contributed by atoms with Crippen LogP contribution >= 0.6 is 0 Å². The second-order valence-corrected chi connectivity index (χ2v) is 5.28. The maximum atomic E-state index is 5.81. The van der Waals surface area contributed by atoms with Gasteiger partial charge in [0, 0.05) is 0 Å². The third kappa shape index (κ3) is 4.64. The van der Waals surface area contributed by atoms with Crippen molar-refractivity contribution in [1.29, 1.82) is 0 Å². The van der Waals surface area contributed by atoms with Crippen LogP contribution < -0.4 is 10.1 Å². The van der Waals surface area contributed by atoms with Crippen LogP contribution in [0.5, 0.6) is 5.75 Å². The number of ether oxygens (including phenoxy) is 1. The summed E-state index contributed by atoms with van der Waals surface area (Å²) in [5.74, 6) is 2.75. The lowest BCUT2D eigenvalue weighted by Gasteiger charge is -2.05. The zero-order valence-electron chi connectivity index (χ0n) is 13.2. The van der Waals surface area contributed by atoms with Crippen molar-refractivity contribution in [2.75, 3.05) is 6.54 Å². The quantitative estimate of drug-likeness (QED) is 0.789. The molecule has 2 aromatic rings. The molecule has 0 unspecified atom stereocenters. The number of nitrogens with one attached hydrogen (secondary N) is 1. The first-order valence-electron chi connectivity index (χ1n) is 7.73. The molecule has 0 saturated heterocycles. The van der Waals surface area contributed by atoms with E-state index in [4.69, 9.17) is 9.15 Å². The van der Waals surface area contributed by atoms with Gasteiger partial charge in [0.05, 0.1) is 6.54 Å². The predicted molar refractivity (Wildman–Crippen MR) is 85.6 cm³/mol. The molecular weight excluding hydrogens is 262 g/mol. The average molecular weight is 287 g/mol. The van der Waals surface area contributed by atoms with Crippen LogP contribution in [0.25, 0.3) is 0 Å². The smallest absolute Gasteiger partial charge is 0.146 e. The Morgan fingerprint density at radius 3 is 2.57 bits per heavy atom. The van der Waals surface area contributed by atoms with Crippen LogP contribution in [0.4, 0.5) is 0 Å². The van der Waals surface area contributed by atoms with E-state index in [-0.39, 0.29) is 0 Å². The summed E-state index contributed by atoms with van der Waals surface area (Å²) in [4.78, 5) is 0. The summed E-state index contributed by atoms with van der Waals surface area (Å²) in [6.07, 6.45) is 2.28. The number of rotatable bonds is 8. The molecule has 0 fully saturated rings. The zero-order chi connectivity index (χ0) is 15.1. The number of benzene rings is 1. The van der Waals surface area contributed by atoms with E-state index in [0.717, 1.165) is 36.8 Å². The van der Waals surface area contributed by atoms with Crippen LogP contribution in [0.2, 0.25) is 0 Å². The first kappa shape index (κ1) is 15.6. The minimum absolute atomic E-state index is 0.472. The van der Waals surface area contributed by atoms with Gasteiger partial charge >= 0.3 is 0 Å². The number of hydrogen-bond donors (Lipinski definition) is 1. The van der Waals surface area contributed by atoms with Crippen LogP contribution in [-0.2, 0) is 19.6 Å². The van der Waals surface area contributed by atoms with Crippen molar-refractivity contribution >= 4 is 0 Å². The summed E-state index contributed by atoms with van der Waals surface area (Å²) in [5.41, 5.74) is 2.53. The first-order valence-corrected chi connectivity index (χ1v) is 7.73. The van der Waals surface area contributed by atoms with E-state index in [9.17, 15) is 0 Å². The first-order chi connectivity index (χ1) is 10.2. The molecule has 0 spiro atoms. The largest absolute Gasteiger partial charge is 0.486 e. The SMILES string of the molecule is CCCc1ccc(OCc2cc(C)c(CNCC)o2)cc1. The van der Waals surface area contributed by atoms with Crippen LogP contribution in [0.15, 0.2) is 34.7 Å². The molecular formula is C18H25NO2. The monoisotopic (exact) mass is 287 g/mol. The third-order valence-corrected chi connectivity index (χ3v) is 3.45. The number of hydrogen-bond acceptors (Lipinski definition) is 3. The van der Waals surface area contributed by atoms with Crippen LogP contribution in [0, 0.1) is 6.92 Å². The van der Waals surface area contributed by atoms with Gasteiger partial charge in [-0.2, -0.15) is 0 Å². The van der Waals surface area contributed by atoms with Crippen molar-refractivity contribution in [3.05, 3.63) is 53.0 Å². The molecule has 0 radical (unpaired) electrons. The lowest BCUT2D eigenvalue weighted by Crippen LogP contribution is -2.11. The maximum Gasteiger partial charge on any atom is 0.146 e. The molecule has 0 atom stereocenters. The third-order valence-electron chi connectivity index (χ3n) is 3.45. The molecule has 1 aromatic carbocycles. The Morgan fingerprint density at radius 2 is 1.90 bits per heavy atom. The standard InChI is InChI=1S/C18H25NO2/c1-4-6-15-7-9-16(10-8-15)20-13-17-11-14(3)18(21-17)12-19-5-2/h7-11,19H,4-6,12-13H2,1-3H3. The van der Waals surface area contributed by atoms with E-state index in [1.54, 1.807) is 0 Å². The molecule has 0 bridgehead atoms. The highest BCUT2D eigenvalue weighted by molar-refractivity contribution is 5.27. The molecule has 0 saturated carbocycles. The minimum atomic E-state index is 0.472. The fraction of sp³-hybridized carbons (Fsp3) is 0.444. The fourth-order valence-electron chi connectivity index (χ4n) is 2.27. The van der Waals surface area contributed by atoms with E-state index >= 15 is 0 Å². The molecule has 3 nitrogen and oxygen atoms in total. The zero-order valence-corrected chi connectivity index (χ0v) is 13.2. The lowest BCUT2D eigenvalue weighted by atomic mass is 10.1. The molecule has 0 amide bonds. The molecule has 2 rings (SSSR count). The Bertz CT molecular complexity index is 543. The maximum absolute atomic E-state index is 5.81. The van der Waals surface area contributed by atoms with Gasteiger partial charge in [-0.1, -0.05) is 32.4 Å². The number of furan rings is 1.